The second-order valence-corrected chi connectivity index (χ2v) is 5.51. The van der Waals surface area contributed by atoms with Gasteiger partial charge in [0.15, 0.2) is 11.3 Å². The van der Waals surface area contributed by atoms with Gasteiger partial charge in [-0.3, -0.25) is 10.1 Å². The van der Waals surface area contributed by atoms with Gasteiger partial charge in [-0.1, -0.05) is 11.6 Å². The van der Waals surface area contributed by atoms with E-state index in [1.54, 1.807) is 17.6 Å². The van der Waals surface area contributed by atoms with Crippen LogP contribution in [0.1, 0.15) is 0 Å². The van der Waals surface area contributed by atoms with E-state index in [9.17, 15) is 10.1 Å². The van der Waals surface area contributed by atoms with Crippen molar-refractivity contribution in [3.8, 4) is 0 Å². The summed E-state index contributed by atoms with van der Waals surface area (Å²) in [5.41, 5.74) is 1.96. The van der Waals surface area contributed by atoms with Crippen LogP contribution in [0.3, 0.4) is 0 Å². The van der Waals surface area contributed by atoms with Crippen molar-refractivity contribution < 1.29 is 4.92 Å². The number of benzene rings is 1. The lowest BCUT2D eigenvalue weighted by atomic mass is 10.2. The summed E-state index contributed by atoms with van der Waals surface area (Å²) in [4.78, 5) is 22.5. The quantitative estimate of drug-likeness (QED) is 0.438. The molecule has 2 aromatic heterocycles. The van der Waals surface area contributed by atoms with E-state index in [2.05, 4.69) is 20.3 Å². The van der Waals surface area contributed by atoms with E-state index >= 15 is 0 Å². The monoisotopic (exact) mass is 341 g/mol. The predicted molar refractivity (Wildman–Crippen MR) is 81.6 cm³/mol. The van der Waals surface area contributed by atoms with Gasteiger partial charge in [0.2, 0.25) is 5.28 Å². The number of hydrogen-bond donors (Lipinski definition) is 1. The maximum Gasteiger partial charge on any atom is 0.319 e. The molecule has 0 bridgehead atoms. The van der Waals surface area contributed by atoms with Crippen molar-refractivity contribution in [2.24, 2.45) is 0 Å². The minimum atomic E-state index is -0.499. The molecular weight excluding hydrogens is 337 g/mol. The lowest BCUT2D eigenvalue weighted by Gasteiger charge is -2.08. The molecule has 2 heterocycles. The highest BCUT2D eigenvalue weighted by Gasteiger charge is 2.21. The van der Waals surface area contributed by atoms with Crippen molar-refractivity contribution in [3.63, 3.8) is 0 Å². The average molecular weight is 342 g/mol. The van der Waals surface area contributed by atoms with E-state index in [0.29, 0.717) is 5.52 Å². The molecule has 7 nitrogen and oxygen atoms in total. The Kier molecular flexibility index (Phi) is 3.58. The van der Waals surface area contributed by atoms with Gasteiger partial charge in [-0.15, -0.1) is 11.3 Å². The second-order valence-electron chi connectivity index (χ2n) is 3.88. The fourth-order valence-corrected chi connectivity index (χ4v) is 2.71. The summed E-state index contributed by atoms with van der Waals surface area (Å²) in [5.74, 6) is 0.189. The number of nitrogens with zero attached hydrogens (tertiary/aromatic N) is 4. The summed E-state index contributed by atoms with van der Waals surface area (Å²) in [6, 6.07) is 3.31. The smallest absolute Gasteiger partial charge is 0.319 e. The van der Waals surface area contributed by atoms with Gasteiger partial charge in [0.25, 0.3) is 0 Å². The van der Waals surface area contributed by atoms with E-state index in [4.69, 9.17) is 23.2 Å². The number of hydrogen-bond acceptors (Lipinski definition) is 7. The highest BCUT2D eigenvalue weighted by Crippen LogP contribution is 2.36. The van der Waals surface area contributed by atoms with E-state index in [-0.39, 0.29) is 27.5 Å². The van der Waals surface area contributed by atoms with Gasteiger partial charge in [-0.25, -0.2) is 9.97 Å². The van der Waals surface area contributed by atoms with Crippen LogP contribution in [0.5, 0.6) is 0 Å². The highest BCUT2D eigenvalue weighted by molar-refractivity contribution is 7.16. The minimum Gasteiger partial charge on any atom is -0.333 e. The first-order valence-electron chi connectivity index (χ1n) is 5.52. The SMILES string of the molecule is O=[N+]([O-])c1c(Nc2nc(Cl)ncc2Cl)ccc2scnc12. The molecular formula is C11H5Cl2N5O2S. The summed E-state index contributed by atoms with van der Waals surface area (Å²) in [6.07, 6.45) is 1.31. The number of rotatable bonds is 3. The normalized spacial score (nSPS) is 10.8. The lowest BCUT2D eigenvalue weighted by Crippen LogP contribution is -2.00. The van der Waals surface area contributed by atoms with Crippen LogP contribution in [-0.4, -0.2) is 19.9 Å². The van der Waals surface area contributed by atoms with Gasteiger partial charge < -0.3 is 5.32 Å². The van der Waals surface area contributed by atoms with E-state index in [1.807, 2.05) is 0 Å². The molecule has 0 amide bonds. The van der Waals surface area contributed by atoms with Crippen molar-refractivity contribution in [1.29, 1.82) is 0 Å². The van der Waals surface area contributed by atoms with E-state index in [1.165, 1.54) is 17.5 Å². The number of aromatic nitrogens is 3. The van der Waals surface area contributed by atoms with E-state index in [0.717, 1.165) is 4.70 Å². The Hall–Kier alpha value is -2.03. The number of fused-ring (bicyclic) bond motifs is 1. The third-order valence-electron chi connectivity index (χ3n) is 2.63. The fraction of sp³-hybridized carbons (Fsp3) is 0. The number of nitro benzene ring substituents is 1. The molecule has 0 aliphatic carbocycles. The molecule has 0 radical (unpaired) electrons. The Bertz CT molecular complexity index is 854. The Morgan fingerprint density at radius 3 is 2.86 bits per heavy atom. The zero-order valence-electron chi connectivity index (χ0n) is 10.1. The average Bonchev–Trinajstić information content (AvgIpc) is 2.90. The van der Waals surface area contributed by atoms with E-state index < -0.39 is 4.92 Å². The molecule has 21 heavy (non-hydrogen) atoms. The van der Waals surface area contributed by atoms with Crippen LogP contribution in [0.25, 0.3) is 10.2 Å². The van der Waals surface area contributed by atoms with Crippen LogP contribution in [0, 0.1) is 10.1 Å². The summed E-state index contributed by atoms with van der Waals surface area (Å²) in [5, 5.41) is 14.3. The van der Waals surface area contributed by atoms with Gasteiger partial charge in [0, 0.05) is 0 Å². The maximum absolute atomic E-state index is 11.3. The van der Waals surface area contributed by atoms with Crippen molar-refractivity contribution in [2.75, 3.05) is 5.32 Å². The number of anilines is 2. The first kappa shape index (κ1) is 13.9. The van der Waals surface area contributed by atoms with Gasteiger partial charge in [0.05, 0.1) is 21.3 Å². The summed E-state index contributed by atoms with van der Waals surface area (Å²) in [7, 11) is 0. The third kappa shape index (κ3) is 2.60. The Morgan fingerprint density at radius 1 is 1.29 bits per heavy atom. The zero-order valence-corrected chi connectivity index (χ0v) is 12.4. The maximum atomic E-state index is 11.3. The Morgan fingerprint density at radius 2 is 2.10 bits per heavy atom. The number of halogens is 2. The fourth-order valence-electron chi connectivity index (χ4n) is 1.76. The highest BCUT2D eigenvalue weighted by atomic mass is 35.5. The van der Waals surface area contributed by atoms with Gasteiger partial charge in [0.1, 0.15) is 10.7 Å². The molecule has 3 rings (SSSR count). The molecule has 0 spiro atoms. The first-order chi connectivity index (χ1) is 10.1. The van der Waals surface area contributed by atoms with Gasteiger partial charge in [-0.2, -0.15) is 4.98 Å². The summed E-state index contributed by atoms with van der Waals surface area (Å²) >= 11 is 13.0. The summed E-state index contributed by atoms with van der Waals surface area (Å²) < 4.78 is 0.721. The van der Waals surface area contributed by atoms with Crippen LogP contribution in [0.4, 0.5) is 17.2 Å². The Labute approximate surface area is 131 Å². The molecule has 0 aliphatic rings. The first-order valence-corrected chi connectivity index (χ1v) is 7.15. The van der Waals surface area contributed by atoms with Crippen LogP contribution >= 0.6 is 34.5 Å². The van der Waals surface area contributed by atoms with Crippen LogP contribution in [0.2, 0.25) is 10.3 Å². The topological polar surface area (TPSA) is 93.8 Å². The van der Waals surface area contributed by atoms with Crippen molar-refractivity contribution in [1.82, 2.24) is 15.0 Å². The summed E-state index contributed by atoms with van der Waals surface area (Å²) in [6.45, 7) is 0. The van der Waals surface area contributed by atoms with Crippen LogP contribution in [-0.2, 0) is 0 Å². The largest absolute Gasteiger partial charge is 0.333 e. The molecule has 0 aliphatic heterocycles. The molecule has 0 fully saturated rings. The van der Waals surface area contributed by atoms with Crippen LogP contribution < -0.4 is 5.32 Å². The molecule has 106 valence electrons. The van der Waals surface area contributed by atoms with Crippen molar-refractivity contribution in [3.05, 3.63) is 44.3 Å². The number of nitrogens with one attached hydrogen (secondary N) is 1. The standard InChI is InChI=1S/C11H5Cl2N5O2S/c12-5-3-14-11(13)17-10(5)16-6-1-2-7-8(15-4-21-7)9(6)18(19)20/h1-4H,(H,14,16,17). The molecule has 3 aromatic rings. The second kappa shape index (κ2) is 5.40. The molecule has 0 saturated carbocycles. The lowest BCUT2D eigenvalue weighted by molar-refractivity contribution is -0.382. The van der Waals surface area contributed by atoms with Gasteiger partial charge in [-0.05, 0) is 23.7 Å². The molecule has 10 heteroatoms. The third-order valence-corrected chi connectivity index (χ3v) is 3.88. The molecule has 0 saturated heterocycles. The van der Waals surface area contributed by atoms with Crippen LogP contribution in [0.15, 0.2) is 23.8 Å². The molecule has 0 unspecified atom stereocenters. The number of thiazole rings is 1. The number of nitro groups is 1. The predicted octanol–water partition coefficient (Wildman–Crippen LogP) is 4.04. The molecule has 1 N–H and O–H groups in total. The van der Waals surface area contributed by atoms with Gasteiger partial charge >= 0.3 is 5.69 Å². The van der Waals surface area contributed by atoms with Crippen molar-refractivity contribution in [2.45, 2.75) is 0 Å². The molecule has 1 aromatic carbocycles. The van der Waals surface area contributed by atoms with Crippen molar-refractivity contribution >= 4 is 61.9 Å². The molecule has 0 atom stereocenters. The Balaban J connectivity index is 2.14. The minimum absolute atomic E-state index is 0.0145. The zero-order chi connectivity index (χ0) is 15.0.